The first-order valence-corrected chi connectivity index (χ1v) is 8.56. The Morgan fingerprint density at radius 2 is 1.96 bits per heavy atom. The molecule has 0 bridgehead atoms. The molecule has 6 heteroatoms. The molecule has 1 amide bonds. The van der Waals surface area contributed by atoms with Crippen molar-refractivity contribution in [2.75, 3.05) is 13.7 Å². The molecule has 0 aliphatic rings. The zero-order valence-electron chi connectivity index (χ0n) is 14.7. The van der Waals surface area contributed by atoms with Crippen LogP contribution in [0, 0.1) is 20.8 Å². The summed E-state index contributed by atoms with van der Waals surface area (Å²) in [5.74, 6) is 1.15. The van der Waals surface area contributed by atoms with E-state index in [4.69, 9.17) is 9.47 Å². The summed E-state index contributed by atoms with van der Waals surface area (Å²) in [4.78, 5) is 11.8. The number of benzene rings is 2. The van der Waals surface area contributed by atoms with Crippen LogP contribution in [0.15, 0.2) is 39.9 Å². The lowest BCUT2D eigenvalue weighted by Crippen LogP contribution is -2.24. The van der Waals surface area contributed by atoms with Crippen LogP contribution >= 0.6 is 15.9 Å². The van der Waals surface area contributed by atoms with E-state index in [-0.39, 0.29) is 12.5 Å². The van der Waals surface area contributed by atoms with Gasteiger partial charge >= 0.3 is 0 Å². The van der Waals surface area contributed by atoms with Gasteiger partial charge in [-0.05, 0) is 73.4 Å². The first kappa shape index (κ1) is 19.0. The molecule has 2 aromatic rings. The number of halogens is 1. The summed E-state index contributed by atoms with van der Waals surface area (Å²) < 4.78 is 11.7. The van der Waals surface area contributed by atoms with Gasteiger partial charge in [0.2, 0.25) is 0 Å². The molecule has 25 heavy (non-hydrogen) atoms. The second-order valence-corrected chi connectivity index (χ2v) is 6.45. The number of carbonyl (C=O) groups is 1. The number of nitrogens with zero attached hydrogens (tertiary/aromatic N) is 1. The quantitative estimate of drug-likeness (QED) is 0.586. The third-order valence-corrected chi connectivity index (χ3v) is 4.78. The standard InChI is InChI=1S/C19H21BrN2O3/c1-12-9-16(6-7-17(12)20)25-11-19(23)22-21-10-15-5-8-18(24-4)14(3)13(15)2/h5-10H,11H2,1-4H3,(H,22,23)/b21-10+. The number of hydrogen-bond acceptors (Lipinski definition) is 4. The predicted molar refractivity (Wildman–Crippen MR) is 103 cm³/mol. The summed E-state index contributed by atoms with van der Waals surface area (Å²) in [6.45, 7) is 5.83. The normalized spacial score (nSPS) is 10.8. The van der Waals surface area contributed by atoms with Gasteiger partial charge in [-0.15, -0.1) is 0 Å². The number of ether oxygens (including phenoxy) is 2. The van der Waals surface area contributed by atoms with E-state index < -0.39 is 0 Å². The van der Waals surface area contributed by atoms with Crippen LogP contribution in [0.4, 0.5) is 0 Å². The van der Waals surface area contributed by atoms with Crippen LogP contribution in [0.1, 0.15) is 22.3 Å². The van der Waals surface area contributed by atoms with E-state index in [9.17, 15) is 4.79 Å². The molecule has 0 saturated heterocycles. The lowest BCUT2D eigenvalue weighted by Gasteiger charge is -2.09. The van der Waals surface area contributed by atoms with Crippen molar-refractivity contribution in [3.05, 3.63) is 57.1 Å². The van der Waals surface area contributed by atoms with Crippen LogP contribution in [-0.4, -0.2) is 25.8 Å². The molecule has 0 radical (unpaired) electrons. The van der Waals surface area contributed by atoms with Crippen molar-refractivity contribution in [1.82, 2.24) is 5.43 Å². The van der Waals surface area contributed by atoms with Crippen LogP contribution in [-0.2, 0) is 4.79 Å². The highest BCUT2D eigenvalue weighted by Crippen LogP contribution is 2.23. The molecule has 2 aromatic carbocycles. The number of hydrazone groups is 1. The van der Waals surface area contributed by atoms with E-state index in [1.807, 2.05) is 45.0 Å². The average molecular weight is 405 g/mol. The second-order valence-electron chi connectivity index (χ2n) is 5.60. The molecule has 0 heterocycles. The van der Waals surface area contributed by atoms with E-state index in [0.717, 1.165) is 32.5 Å². The molecule has 0 atom stereocenters. The molecule has 5 nitrogen and oxygen atoms in total. The first-order valence-electron chi connectivity index (χ1n) is 7.77. The van der Waals surface area contributed by atoms with Crippen molar-refractivity contribution in [3.8, 4) is 11.5 Å². The van der Waals surface area contributed by atoms with Crippen molar-refractivity contribution >= 4 is 28.1 Å². The zero-order valence-corrected chi connectivity index (χ0v) is 16.3. The maximum atomic E-state index is 11.8. The monoisotopic (exact) mass is 404 g/mol. The van der Waals surface area contributed by atoms with Crippen LogP contribution in [0.25, 0.3) is 0 Å². The van der Waals surface area contributed by atoms with Gasteiger partial charge in [0.15, 0.2) is 6.61 Å². The third-order valence-electron chi connectivity index (χ3n) is 3.89. The molecule has 1 N–H and O–H groups in total. The molecule has 0 aliphatic carbocycles. The Hall–Kier alpha value is -2.34. The Labute approximate surface area is 156 Å². The number of methoxy groups -OCH3 is 1. The Bertz CT molecular complexity index is 803. The Morgan fingerprint density at radius 3 is 2.64 bits per heavy atom. The summed E-state index contributed by atoms with van der Waals surface area (Å²) in [7, 11) is 1.64. The first-order chi connectivity index (χ1) is 11.9. The average Bonchev–Trinajstić information content (AvgIpc) is 2.60. The Balaban J connectivity index is 1.90. The topological polar surface area (TPSA) is 59.9 Å². The highest BCUT2D eigenvalue weighted by Gasteiger charge is 2.06. The van der Waals surface area contributed by atoms with Crippen molar-refractivity contribution in [2.24, 2.45) is 5.10 Å². The maximum absolute atomic E-state index is 11.8. The summed E-state index contributed by atoms with van der Waals surface area (Å²) in [6.07, 6.45) is 1.61. The lowest BCUT2D eigenvalue weighted by atomic mass is 10.0. The largest absolute Gasteiger partial charge is 0.496 e. The number of hydrogen-bond donors (Lipinski definition) is 1. The zero-order chi connectivity index (χ0) is 18.4. The van der Waals surface area contributed by atoms with E-state index in [0.29, 0.717) is 5.75 Å². The summed E-state index contributed by atoms with van der Waals surface area (Å²) in [5, 5.41) is 3.99. The fourth-order valence-electron chi connectivity index (χ4n) is 2.24. The van der Waals surface area contributed by atoms with E-state index in [1.165, 1.54) is 0 Å². The van der Waals surface area contributed by atoms with Crippen molar-refractivity contribution in [2.45, 2.75) is 20.8 Å². The molecule has 0 aliphatic heterocycles. The van der Waals surface area contributed by atoms with Gasteiger partial charge in [0.25, 0.3) is 5.91 Å². The van der Waals surface area contributed by atoms with Crippen LogP contribution in [0.2, 0.25) is 0 Å². The van der Waals surface area contributed by atoms with Gasteiger partial charge in [0, 0.05) is 4.47 Å². The number of rotatable bonds is 6. The molecule has 0 saturated carbocycles. The molecular formula is C19H21BrN2O3. The summed E-state index contributed by atoms with van der Waals surface area (Å²) in [5.41, 5.74) is 6.53. The number of carbonyl (C=O) groups excluding carboxylic acids is 1. The molecular weight excluding hydrogens is 384 g/mol. The molecule has 0 unspecified atom stereocenters. The maximum Gasteiger partial charge on any atom is 0.277 e. The summed E-state index contributed by atoms with van der Waals surface area (Å²) in [6, 6.07) is 9.33. The Kier molecular flexibility index (Phi) is 6.58. The smallest absolute Gasteiger partial charge is 0.277 e. The minimum Gasteiger partial charge on any atom is -0.496 e. The summed E-state index contributed by atoms with van der Waals surface area (Å²) >= 11 is 3.42. The molecule has 2 rings (SSSR count). The van der Waals surface area contributed by atoms with Crippen LogP contribution < -0.4 is 14.9 Å². The Morgan fingerprint density at radius 1 is 1.20 bits per heavy atom. The van der Waals surface area contributed by atoms with Gasteiger partial charge in [-0.25, -0.2) is 5.43 Å². The highest BCUT2D eigenvalue weighted by molar-refractivity contribution is 9.10. The van der Waals surface area contributed by atoms with Gasteiger partial charge in [0.05, 0.1) is 13.3 Å². The number of nitrogens with one attached hydrogen (secondary N) is 1. The second kappa shape index (κ2) is 8.67. The minimum absolute atomic E-state index is 0.0982. The van der Waals surface area contributed by atoms with Crippen molar-refractivity contribution in [3.63, 3.8) is 0 Å². The van der Waals surface area contributed by atoms with Gasteiger partial charge in [-0.1, -0.05) is 15.9 Å². The van der Waals surface area contributed by atoms with E-state index in [2.05, 4.69) is 26.5 Å². The number of aryl methyl sites for hydroxylation is 1. The van der Waals surface area contributed by atoms with Crippen LogP contribution in [0.5, 0.6) is 11.5 Å². The lowest BCUT2D eigenvalue weighted by molar-refractivity contribution is -0.123. The van der Waals surface area contributed by atoms with E-state index in [1.54, 1.807) is 19.4 Å². The SMILES string of the molecule is COc1ccc(/C=N/NC(=O)COc2ccc(Br)c(C)c2)c(C)c1C. The fourth-order valence-corrected chi connectivity index (χ4v) is 2.49. The molecule has 0 fully saturated rings. The molecule has 0 aromatic heterocycles. The van der Waals surface area contributed by atoms with Crippen LogP contribution in [0.3, 0.4) is 0 Å². The van der Waals surface area contributed by atoms with Crippen molar-refractivity contribution < 1.29 is 14.3 Å². The minimum atomic E-state index is -0.320. The predicted octanol–water partition coefficient (Wildman–Crippen LogP) is 3.91. The van der Waals surface area contributed by atoms with Gasteiger partial charge < -0.3 is 9.47 Å². The van der Waals surface area contributed by atoms with Gasteiger partial charge in [-0.3, -0.25) is 4.79 Å². The van der Waals surface area contributed by atoms with Gasteiger partial charge in [-0.2, -0.15) is 5.10 Å². The van der Waals surface area contributed by atoms with Crippen molar-refractivity contribution in [1.29, 1.82) is 0 Å². The molecule has 132 valence electrons. The fraction of sp³-hybridized carbons (Fsp3) is 0.263. The highest BCUT2D eigenvalue weighted by atomic mass is 79.9. The molecule has 0 spiro atoms. The number of amides is 1. The van der Waals surface area contributed by atoms with Gasteiger partial charge in [0.1, 0.15) is 11.5 Å². The van der Waals surface area contributed by atoms with E-state index >= 15 is 0 Å². The third kappa shape index (κ3) is 5.06.